The molecule has 0 saturated carbocycles. The standard InChI is InChI=1S/C22H24N2O/c1-16-8-10-17(11-9-16)12-14-22-21(2,3)18-6-4-5-7-19(18)24(22)15-13-20(25)23-22/h4-12,14H,13,15H2,1-3H3,(H,23,25)/b14-12+/t22-/m0/s1. The molecule has 1 atom stereocenters. The zero-order chi connectivity index (χ0) is 17.7. The van der Waals surface area contributed by atoms with Crippen LogP contribution in [0, 0.1) is 6.92 Å². The van der Waals surface area contributed by atoms with Gasteiger partial charge < -0.3 is 10.2 Å². The molecule has 2 aliphatic rings. The number of hydrogen-bond donors (Lipinski definition) is 1. The van der Waals surface area contributed by atoms with Gasteiger partial charge in [-0.05, 0) is 30.2 Å². The van der Waals surface area contributed by atoms with Crippen molar-refractivity contribution < 1.29 is 4.79 Å². The number of fused-ring (bicyclic) bond motifs is 3. The SMILES string of the molecule is Cc1ccc(/C=C/[C@]23NC(=O)CCN2c2ccccc2C3(C)C)cc1. The first-order valence-corrected chi connectivity index (χ1v) is 8.88. The number of benzene rings is 2. The Kier molecular flexibility index (Phi) is 3.50. The van der Waals surface area contributed by atoms with Crippen LogP contribution in [0.2, 0.25) is 0 Å². The highest BCUT2D eigenvalue weighted by Crippen LogP contribution is 2.52. The summed E-state index contributed by atoms with van der Waals surface area (Å²) >= 11 is 0. The molecule has 2 heterocycles. The van der Waals surface area contributed by atoms with E-state index in [0.717, 1.165) is 12.1 Å². The second-order valence-electron chi connectivity index (χ2n) is 7.60. The van der Waals surface area contributed by atoms with Crippen LogP contribution in [0.4, 0.5) is 5.69 Å². The number of hydrogen-bond acceptors (Lipinski definition) is 2. The monoisotopic (exact) mass is 332 g/mol. The van der Waals surface area contributed by atoms with Crippen LogP contribution in [-0.4, -0.2) is 18.1 Å². The zero-order valence-electron chi connectivity index (χ0n) is 15.0. The highest BCUT2D eigenvalue weighted by atomic mass is 16.2. The fraction of sp³-hybridized carbons (Fsp3) is 0.318. The van der Waals surface area contributed by atoms with Gasteiger partial charge in [-0.3, -0.25) is 4.79 Å². The van der Waals surface area contributed by atoms with E-state index in [-0.39, 0.29) is 11.3 Å². The number of carbonyl (C=O) groups excluding carboxylic acids is 1. The van der Waals surface area contributed by atoms with E-state index < -0.39 is 5.66 Å². The van der Waals surface area contributed by atoms with E-state index >= 15 is 0 Å². The maximum absolute atomic E-state index is 12.3. The zero-order valence-corrected chi connectivity index (χ0v) is 15.0. The van der Waals surface area contributed by atoms with Gasteiger partial charge in [0.2, 0.25) is 5.91 Å². The Labute approximate surface area is 149 Å². The lowest BCUT2D eigenvalue weighted by atomic mass is 9.74. The average molecular weight is 332 g/mol. The van der Waals surface area contributed by atoms with Gasteiger partial charge in [0.05, 0.1) is 0 Å². The highest BCUT2D eigenvalue weighted by Gasteiger charge is 2.57. The molecule has 0 unspecified atom stereocenters. The van der Waals surface area contributed by atoms with Crippen molar-refractivity contribution in [2.24, 2.45) is 0 Å². The molecule has 2 aromatic rings. The van der Waals surface area contributed by atoms with Crippen molar-refractivity contribution in [3.63, 3.8) is 0 Å². The number of para-hydroxylation sites is 1. The van der Waals surface area contributed by atoms with Crippen molar-refractivity contribution in [1.82, 2.24) is 5.32 Å². The number of anilines is 1. The number of nitrogens with one attached hydrogen (secondary N) is 1. The molecule has 25 heavy (non-hydrogen) atoms. The van der Waals surface area contributed by atoms with Crippen LogP contribution in [-0.2, 0) is 10.2 Å². The fourth-order valence-corrected chi connectivity index (χ4v) is 4.21. The smallest absolute Gasteiger partial charge is 0.223 e. The molecule has 128 valence electrons. The third-order valence-corrected chi connectivity index (χ3v) is 5.73. The Balaban J connectivity index is 1.83. The van der Waals surface area contributed by atoms with Crippen LogP contribution in [0.1, 0.15) is 37.0 Å². The molecule has 0 aromatic heterocycles. The second-order valence-corrected chi connectivity index (χ2v) is 7.60. The summed E-state index contributed by atoms with van der Waals surface area (Å²) in [6.07, 6.45) is 4.84. The van der Waals surface area contributed by atoms with Gasteiger partial charge in [-0.15, -0.1) is 0 Å². The van der Waals surface area contributed by atoms with Gasteiger partial charge >= 0.3 is 0 Å². The van der Waals surface area contributed by atoms with Crippen molar-refractivity contribution in [3.05, 3.63) is 71.3 Å². The van der Waals surface area contributed by atoms with Crippen LogP contribution in [0.5, 0.6) is 0 Å². The van der Waals surface area contributed by atoms with Crippen LogP contribution in [0.15, 0.2) is 54.6 Å². The molecular weight excluding hydrogens is 308 g/mol. The van der Waals surface area contributed by atoms with Gasteiger partial charge in [-0.2, -0.15) is 0 Å². The molecule has 1 amide bonds. The third-order valence-electron chi connectivity index (χ3n) is 5.73. The lowest BCUT2D eigenvalue weighted by Gasteiger charge is -2.49. The normalized spacial score (nSPS) is 24.1. The molecule has 1 fully saturated rings. The lowest BCUT2D eigenvalue weighted by Crippen LogP contribution is -2.68. The largest absolute Gasteiger partial charge is 0.344 e. The van der Waals surface area contributed by atoms with Gasteiger partial charge in [0.15, 0.2) is 0 Å². The molecular formula is C22H24N2O. The van der Waals surface area contributed by atoms with Gasteiger partial charge in [0.1, 0.15) is 5.66 Å². The predicted octanol–water partition coefficient (Wildman–Crippen LogP) is 4.02. The molecule has 4 rings (SSSR count). The fourth-order valence-electron chi connectivity index (χ4n) is 4.21. The second kappa shape index (κ2) is 5.48. The van der Waals surface area contributed by atoms with Gasteiger partial charge in [0, 0.05) is 24.1 Å². The number of aryl methyl sites for hydroxylation is 1. The van der Waals surface area contributed by atoms with E-state index in [1.54, 1.807) is 0 Å². The van der Waals surface area contributed by atoms with E-state index in [2.05, 4.69) is 91.7 Å². The average Bonchev–Trinajstić information content (AvgIpc) is 2.79. The molecule has 3 nitrogen and oxygen atoms in total. The minimum atomic E-state index is -0.531. The summed E-state index contributed by atoms with van der Waals surface area (Å²) < 4.78 is 0. The predicted molar refractivity (Wildman–Crippen MR) is 103 cm³/mol. The Hall–Kier alpha value is -2.55. The Morgan fingerprint density at radius 2 is 1.80 bits per heavy atom. The molecule has 3 heteroatoms. The van der Waals surface area contributed by atoms with Crippen LogP contribution in [0.25, 0.3) is 6.08 Å². The molecule has 0 bridgehead atoms. The van der Waals surface area contributed by atoms with Crippen LogP contribution in [0.3, 0.4) is 0 Å². The summed E-state index contributed by atoms with van der Waals surface area (Å²) in [5, 5.41) is 3.31. The molecule has 0 radical (unpaired) electrons. The molecule has 2 aliphatic heterocycles. The van der Waals surface area contributed by atoms with E-state index in [4.69, 9.17) is 0 Å². The lowest BCUT2D eigenvalue weighted by molar-refractivity contribution is -0.124. The van der Waals surface area contributed by atoms with E-state index in [1.807, 2.05) is 0 Å². The van der Waals surface area contributed by atoms with Crippen molar-refractivity contribution in [2.75, 3.05) is 11.4 Å². The van der Waals surface area contributed by atoms with Crippen molar-refractivity contribution in [3.8, 4) is 0 Å². The topological polar surface area (TPSA) is 32.3 Å². The van der Waals surface area contributed by atoms with Crippen LogP contribution >= 0.6 is 0 Å². The molecule has 0 aliphatic carbocycles. The summed E-state index contributed by atoms with van der Waals surface area (Å²) in [4.78, 5) is 14.7. The van der Waals surface area contributed by atoms with Crippen LogP contribution < -0.4 is 10.2 Å². The summed E-state index contributed by atoms with van der Waals surface area (Å²) in [5.74, 6) is 0.116. The number of nitrogens with zero attached hydrogens (tertiary/aromatic N) is 1. The highest BCUT2D eigenvalue weighted by molar-refractivity contribution is 5.84. The summed E-state index contributed by atoms with van der Waals surface area (Å²) in [6.45, 7) is 7.27. The van der Waals surface area contributed by atoms with E-state index in [0.29, 0.717) is 6.42 Å². The summed E-state index contributed by atoms with van der Waals surface area (Å²) in [5.41, 5.74) is 4.15. The Bertz CT molecular complexity index is 851. The van der Waals surface area contributed by atoms with Gasteiger partial charge in [-0.1, -0.05) is 68.0 Å². The van der Waals surface area contributed by atoms with Gasteiger partial charge in [-0.25, -0.2) is 0 Å². The Morgan fingerprint density at radius 1 is 1.08 bits per heavy atom. The summed E-state index contributed by atoms with van der Waals surface area (Å²) in [7, 11) is 0. The molecule has 1 saturated heterocycles. The third kappa shape index (κ3) is 2.30. The molecule has 2 aromatic carbocycles. The minimum Gasteiger partial charge on any atom is -0.344 e. The number of amides is 1. The van der Waals surface area contributed by atoms with E-state index in [9.17, 15) is 4.79 Å². The van der Waals surface area contributed by atoms with Crippen molar-refractivity contribution >= 4 is 17.7 Å². The van der Waals surface area contributed by atoms with Gasteiger partial charge in [0.25, 0.3) is 0 Å². The Morgan fingerprint density at radius 3 is 2.56 bits per heavy atom. The first kappa shape index (κ1) is 15.9. The van der Waals surface area contributed by atoms with E-state index in [1.165, 1.54) is 16.8 Å². The first-order chi connectivity index (χ1) is 11.9. The molecule has 1 N–H and O–H groups in total. The molecule has 0 spiro atoms. The summed E-state index contributed by atoms with van der Waals surface area (Å²) in [6, 6.07) is 17.0. The first-order valence-electron chi connectivity index (χ1n) is 8.88. The van der Waals surface area contributed by atoms with Crippen molar-refractivity contribution in [1.29, 1.82) is 0 Å². The number of carbonyl (C=O) groups is 1. The number of rotatable bonds is 2. The van der Waals surface area contributed by atoms with Crippen molar-refractivity contribution in [2.45, 2.75) is 38.3 Å². The quantitative estimate of drug-likeness (QED) is 0.901. The minimum absolute atomic E-state index is 0.116. The maximum atomic E-state index is 12.3. The maximum Gasteiger partial charge on any atom is 0.223 e.